The van der Waals surface area contributed by atoms with Crippen molar-refractivity contribution in [1.82, 2.24) is 34.4 Å². The van der Waals surface area contributed by atoms with Crippen LogP contribution in [0.25, 0.3) is 11.2 Å². The first kappa shape index (κ1) is 22.3. The molecule has 1 aliphatic rings. The van der Waals surface area contributed by atoms with Gasteiger partial charge in [-0.1, -0.05) is 0 Å². The number of rotatable bonds is 8. The Bertz CT molecular complexity index is 1030. The zero-order chi connectivity index (χ0) is 22.6. The molecule has 1 fully saturated rings. The number of hydrogen-bond donors (Lipinski definition) is 1. The molecule has 1 aliphatic heterocycles. The molecular weight excluding hydrogens is 429 g/mol. The van der Waals surface area contributed by atoms with E-state index >= 15 is 0 Å². The number of methoxy groups -OCH3 is 1. The highest BCUT2D eigenvalue weighted by molar-refractivity contribution is 5.83. The van der Waals surface area contributed by atoms with Crippen molar-refractivity contribution >= 4 is 17.0 Å². The number of alkyl halides is 3. The van der Waals surface area contributed by atoms with Crippen LogP contribution in [0.15, 0.2) is 25.0 Å². The van der Waals surface area contributed by atoms with Gasteiger partial charge >= 0.3 is 6.18 Å². The molecule has 1 N–H and O–H groups in total. The average molecular weight is 452 g/mol. The van der Waals surface area contributed by atoms with Crippen LogP contribution in [0.5, 0.6) is 0 Å². The van der Waals surface area contributed by atoms with Crippen LogP contribution in [0.4, 0.5) is 19.0 Å². The number of fused-ring (bicyclic) bond motifs is 1. The van der Waals surface area contributed by atoms with E-state index in [1.165, 1.54) is 6.33 Å². The van der Waals surface area contributed by atoms with E-state index in [2.05, 4.69) is 35.1 Å². The van der Waals surface area contributed by atoms with Crippen LogP contribution in [-0.2, 0) is 22.6 Å². The van der Waals surface area contributed by atoms with Crippen LogP contribution >= 0.6 is 0 Å². The van der Waals surface area contributed by atoms with Crippen LogP contribution in [0.3, 0.4) is 0 Å². The molecule has 1 saturated heterocycles. The molecule has 4 heterocycles. The van der Waals surface area contributed by atoms with Crippen LogP contribution < -0.4 is 5.32 Å². The normalized spacial score (nSPS) is 17.7. The van der Waals surface area contributed by atoms with E-state index in [9.17, 15) is 13.2 Å². The van der Waals surface area contributed by atoms with Gasteiger partial charge in [0.1, 0.15) is 24.5 Å². The van der Waals surface area contributed by atoms with Gasteiger partial charge in [0.25, 0.3) is 0 Å². The fraction of sp³-hybridized carbons (Fsp3) is 0.526. The molecule has 0 aromatic carbocycles. The lowest BCUT2D eigenvalue weighted by molar-refractivity contribution is -0.140. The number of halogens is 3. The first-order valence-electron chi connectivity index (χ1n) is 10.0. The molecular formula is C19H23F3N8O2. The lowest BCUT2D eigenvalue weighted by atomic mass is 10.2. The summed E-state index contributed by atoms with van der Waals surface area (Å²) in [7, 11) is 1.56. The third kappa shape index (κ3) is 5.47. The fourth-order valence-electron chi connectivity index (χ4n) is 3.48. The van der Waals surface area contributed by atoms with E-state index in [1.807, 2.05) is 0 Å². The van der Waals surface area contributed by atoms with E-state index < -0.39 is 18.8 Å². The van der Waals surface area contributed by atoms with Crippen molar-refractivity contribution in [2.75, 3.05) is 45.3 Å². The van der Waals surface area contributed by atoms with Gasteiger partial charge in [-0.2, -0.15) is 13.2 Å². The van der Waals surface area contributed by atoms with Gasteiger partial charge in [0.2, 0.25) is 0 Å². The Morgan fingerprint density at radius 3 is 2.81 bits per heavy atom. The van der Waals surface area contributed by atoms with Crippen LogP contribution in [0.2, 0.25) is 0 Å². The van der Waals surface area contributed by atoms with Crippen molar-refractivity contribution in [1.29, 1.82) is 0 Å². The lowest BCUT2D eigenvalue weighted by Crippen LogP contribution is -2.38. The van der Waals surface area contributed by atoms with E-state index in [1.54, 1.807) is 19.5 Å². The maximum absolute atomic E-state index is 13.0. The smallest absolute Gasteiger partial charge is 0.383 e. The number of hydrogen-bond acceptors (Lipinski definition) is 9. The Morgan fingerprint density at radius 2 is 2.06 bits per heavy atom. The van der Waals surface area contributed by atoms with Gasteiger partial charge < -0.3 is 19.4 Å². The van der Waals surface area contributed by atoms with Gasteiger partial charge in [0.15, 0.2) is 17.3 Å². The van der Waals surface area contributed by atoms with Gasteiger partial charge in [0, 0.05) is 51.2 Å². The Kier molecular flexibility index (Phi) is 6.77. The van der Waals surface area contributed by atoms with Gasteiger partial charge in [-0.15, -0.1) is 0 Å². The van der Waals surface area contributed by atoms with Gasteiger partial charge in [-0.25, -0.2) is 24.9 Å². The van der Waals surface area contributed by atoms with Crippen molar-refractivity contribution in [3.05, 3.63) is 36.4 Å². The van der Waals surface area contributed by atoms with E-state index in [4.69, 9.17) is 9.47 Å². The van der Waals surface area contributed by atoms with E-state index in [0.29, 0.717) is 51.0 Å². The Balaban J connectivity index is 1.62. The minimum Gasteiger partial charge on any atom is -0.383 e. The number of anilines is 1. The highest BCUT2D eigenvalue weighted by Gasteiger charge is 2.31. The third-order valence-electron chi connectivity index (χ3n) is 4.89. The average Bonchev–Trinajstić information content (AvgIpc) is 3.16. The maximum atomic E-state index is 13.0. The SMILES string of the molecule is COCCNc1nc(C2CN(Cc3cncnc3)CCO2)nc2c1ncn2CC(F)(F)F. The molecule has 1 unspecified atom stereocenters. The van der Waals surface area contributed by atoms with Crippen LogP contribution in [0.1, 0.15) is 17.5 Å². The molecule has 0 aliphatic carbocycles. The van der Waals surface area contributed by atoms with Gasteiger partial charge in [0.05, 0.1) is 19.5 Å². The monoisotopic (exact) mass is 452 g/mol. The first-order valence-corrected chi connectivity index (χ1v) is 10.0. The number of nitrogens with one attached hydrogen (secondary N) is 1. The second-order valence-electron chi connectivity index (χ2n) is 7.35. The predicted molar refractivity (Wildman–Crippen MR) is 108 cm³/mol. The van der Waals surface area contributed by atoms with Gasteiger partial charge in [-0.3, -0.25) is 4.90 Å². The third-order valence-corrected chi connectivity index (χ3v) is 4.89. The molecule has 0 amide bonds. The zero-order valence-electron chi connectivity index (χ0n) is 17.4. The molecule has 0 bridgehead atoms. The van der Waals surface area contributed by atoms with Crippen molar-refractivity contribution < 1.29 is 22.6 Å². The number of morpholine rings is 1. The second kappa shape index (κ2) is 9.71. The topological polar surface area (TPSA) is 103 Å². The Morgan fingerprint density at radius 1 is 1.25 bits per heavy atom. The summed E-state index contributed by atoms with van der Waals surface area (Å²) in [6.45, 7) is 1.85. The van der Waals surface area contributed by atoms with Crippen molar-refractivity contribution in [2.45, 2.75) is 25.4 Å². The largest absolute Gasteiger partial charge is 0.406 e. The van der Waals surface area contributed by atoms with Crippen molar-refractivity contribution in [2.24, 2.45) is 0 Å². The summed E-state index contributed by atoms with van der Waals surface area (Å²) in [6.07, 6.45) is 1.17. The van der Waals surface area contributed by atoms with Crippen LogP contribution in [-0.4, -0.2) is 80.5 Å². The van der Waals surface area contributed by atoms with Gasteiger partial charge in [-0.05, 0) is 0 Å². The summed E-state index contributed by atoms with van der Waals surface area (Å²) in [5.74, 6) is 0.649. The number of ether oxygens (including phenoxy) is 2. The fourth-order valence-corrected chi connectivity index (χ4v) is 3.48. The first-order chi connectivity index (χ1) is 15.4. The Hall–Kier alpha value is -2.90. The minimum atomic E-state index is -4.40. The molecule has 0 spiro atoms. The second-order valence-corrected chi connectivity index (χ2v) is 7.35. The highest BCUT2D eigenvalue weighted by Crippen LogP contribution is 2.27. The summed E-state index contributed by atoms with van der Waals surface area (Å²) in [6, 6.07) is 0. The summed E-state index contributed by atoms with van der Waals surface area (Å²) in [5, 5.41) is 3.08. The standard InChI is InChI=1S/C19H23F3N8O2/c1-31-4-2-25-17-15-18(30(12-26-15)10-19(20,21)22)28-16(27-17)14-9-29(3-5-32-14)8-13-6-23-11-24-7-13/h6-7,11-12,14H,2-5,8-10H2,1H3,(H,25,27,28). The molecule has 1 atom stereocenters. The predicted octanol–water partition coefficient (Wildman–Crippen LogP) is 1.81. The molecule has 3 aromatic rings. The molecule has 3 aromatic heterocycles. The minimum absolute atomic E-state index is 0.101. The van der Waals surface area contributed by atoms with Crippen LogP contribution in [0, 0.1) is 0 Å². The summed E-state index contributed by atoms with van der Waals surface area (Å²) in [4.78, 5) is 23.3. The number of aromatic nitrogens is 6. The molecule has 0 radical (unpaired) electrons. The van der Waals surface area contributed by atoms with E-state index in [-0.39, 0.29) is 11.2 Å². The quantitative estimate of drug-likeness (QED) is 0.513. The van der Waals surface area contributed by atoms with E-state index in [0.717, 1.165) is 16.5 Å². The molecule has 172 valence electrons. The summed E-state index contributed by atoms with van der Waals surface area (Å²) in [5.41, 5.74) is 1.32. The molecule has 0 saturated carbocycles. The molecule has 32 heavy (non-hydrogen) atoms. The molecule has 13 heteroatoms. The summed E-state index contributed by atoms with van der Waals surface area (Å²) < 4.78 is 51.0. The lowest BCUT2D eigenvalue weighted by Gasteiger charge is -2.32. The highest BCUT2D eigenvalue weighted by atomic mass is 19.4. The number of imidazole rings is 1. The van der Waals surface area contributed by atoms with Crippen molar-refractivity contribution in [3.63, 3.8) is 0 Å². The summed E-state index contributed by atoms with van der Waals surface area (Å²) >= 11 is 0. The van der Waals surface area contributed by atoms with Crippen molar-refractivity contribution in [3.8, 4) is 0 Å². The maximum Gasteiger partial charge on any atom is 0.406 e. The molecule has 10 nitrogen and oxygen atoms in total. The zero-order valence-corrected chi connectivity index (χ0v) is 17.4. The number of nitrogens with zero attached hydrogens (tertiary/aromatic N) is 7. The molecule has 4 rings (SSSR count). The Labute approximate surface area is 181 Å².